The topological polar surface area (TPSA) is 29.3 Å². The van der Waals surface area contributed by atoms with Crippen molar-refractivity contribution in [3.8, 4) is 0 Å². The lowest BCUT2D eigenvalue weighted by Gasteiger charge is -2.15. The summed E-state index contributed by atoms with van der Waals surface area (Å²) in [7, 11) is 0. The number of likely N-dealkylation sites (N-methyl/N-ethyl adjacent to an activating group) is 1. The molecule has 0 aliphatic carbocycles. The van der Waals surface area contributed by atoms with Crippen molar-refractivity contribution in [2.45, 2.75) is 0 Å². The van der Waals surface area contributed by atoms with Crippen LogP contribution in [0.1, 0.15) is 4.11 Å². The van der Waals surface area contributed by atoms with Crippen LogP contribution in [0.2, 0.25) is 0 Å². The molecule has 50 valence electrons. The second kappa shape index (κ2) is 2.69. The van der Waals surface area contributed by atoms with Crippen molar-refractivity contribution < 1.29 is 4.11 Å². The number of hydrogen-bond donors (Lipinski definition) is 1. The van der Waals surface area contributed by atoms with Crippen LogP contribution in [0.3, 0.4) is 0 Å². The molecular formula is C7H12N2. The molecule has 0 aromatic heterocycles. The Bertz CT molecular complexity index is 217. The quantitative estimate of drug-likeness (QED) is 0.550. The van der Waals surface area contributed by atoms with E-state index in [1.807, 2.05) is 6.08 Å². The zero-order valence-corrected chi connectivity index (χ0v) is 5.17. The standard InChI is InChI=1S/C7H12N2/c1-9-4-2-7(6-8)3-5-9/h2-4H,5-6,8H2,1H3/i1D3. The Balaban J connectivity index is 2.60. The van der Waals surface area contributed by atoms with Crippen molar-refractivity contribution in [1.29, 1.82) is 0 Å². The van der Waals surface area contributed by atoms with Gasteiger partial charge in [0.25, 0.3) is 0 Å². The second-order valence-corrected chi connectivity index (χ2v) is 1.95. The van der Waals surface area contributed by atoms with Gasteiger partial charge in [-0.15, -0.1) is 0 Å². The van der Waals surface area contributed by atoms with Gasteiger partial charge < -0.3 is 10.6 Å². The predicted molar refractivity (Wildman–Crippen MR) is 38.9 cm³/mol. The van der Waals surface area contributed by atoms with Gasteiger partial charge in [0, 0.05) is 24.2 Å². The van der Waals surface area contributed by atoms with Crippen molar-refractivity contribution >= 4 is 0 Å². The number of nitrogens with zero attached hydrogens (tertiary/aromatic N) is 1. The maximum atomic E-state index is 7.10. The Labute approximate surface area is 59.9 Å². The van der Waals surface area contributed by atoms with Crippen LogP contribution in [0.4, 0.5) is 0 Å². The number of hydrogen-bond acceptors (Lipinski definition) is 2. The summed E-state index contributed by atoms with van der Waals surface area (Å²) in [5.41, 5.74) is 6.36. The first-order chi connectivity index (χ1) is 5.54. The predicted octanol–water partition coefficient (Wildman–Crippen LogP) is 0.331. The van der Waals surface area contributed by atoms with E-state index in [1.165, 1.54) is 4.90 Å². The molecule has 2 nitrogen and oxygen atoms in total. The lowest BCUT2D eigenvalue weighted by Crippen LogP contribution is -2.16. The van der Waals surface area contributed by atoms with Crippen LogP contribution in [0.5, 0.6) is 0 Å². The van der Waals surface area contributed by atoms with Crippen molar-refractivity contribution in [3.05, 3.63) is 23.9 Å². The summed E-state index contributed by atoms with van der Waals surface area (Å²) < 4.78 is 21.3. The Kier molecular flexibility index (Phi) is 1.02. The van der Waals surface area contributed by atoms with E-state index >= 15 is 0 Å². The van der Waals surface area contributed by atoms with Crippen molar-refractivity contribution in [3.63, 3.8) is 0 Å². The van der Waals surface area contributed by atoms with E-state index < -0.39 is 6.98 Å². The molecule has 0 fully saturated rings. The maximum absolute atomic E-state index is 7.10. The highest BCUT2D eigenvalue weighted by molar-refractivity contribution is 5.23. The molecule has 0 unspecified atom stereocenters. The van der Waals surface area contributed by atoms with E-state index in [0.29, 0.717) is 13.1 Å². The van der Waals surface area contributed by atoms with Crippen LogP contribution in [0, 0.1) is 0 Å². The van der Waals surface area contributed by atoms with E-state index in [9.17, 15) is 0 Å². The summed E-state index contributed by atoms with van der Waals surface area (Å²) in [4.78, 5) is 1.30. The van der Waals surface area contributed by atoms with Crippen LogP contribution < -0.4 is 5.73 Å². The normalized spacial score (nSPS) is 24.3. The van der Waals surface area contributed by atoms with Gasteiger partial charge >= 0.3 is 0 Å². The van der Waals surface area contributed by atoms with Gasteiger partial charge in [-0.2, -0.15) is 0 Å². The largest absolute Gasteiger partial charge is 0.377 e. The molecule has 0 amide bonds. The summed E-state index contributed by atoms with van der Waals surface area (Å²) in [6.45, 7) is -1.15. The second-order valence-electron chi connectivity index (χ2n) is 1.95. The average Bonchev–Trinajstić information content (AvgIpc) is 2.03. The molecular weight excluding hydrogens is 112 g/mol. The summed E-state index contributed by atoms with van der Waals surface area (Å²) >= 11 is 0. The fourth-order valence-corrected chi connectivity index (χ4v) is 0.682. The van der Waals surface area contributed by atoms with Crippen molar-refractivity contribution in [1.82, 2.24) is 4.90 Å². The van der Waals surface area contributed by atoms with Crippen molar-refractivity contribution in [2.24, 2.45) is 5.73 Å². The molecule has 1 heterocycles. The van der Waals surface area contributed by atoms with E-state index in [1.54, 1.807) is 12.3 Å². The van der Waals surface area contributed by atoms with Crippen LogP contribution in [0.25, 0.3) is 0 Å². The minimum atomic E-state index is -2.03. The highest BCUT2D eigenvalue weighted by atomic mass is 15.1. The molecule has 0 saturated heterocycles. The maximum Gasteiger partial charge on any atom is 0.0456 e. The Morgan fingerprint density at radius 3 is 3.33 bits per heavy atom. The molecule has 2 heteroatoms. The van der Waals surface area contributed by atoms with Gasteiger partial charge in [0.1, 0.15) is 0 Å². The molecule has 0 atom stereocenters. The fourth-order valence-electron chi connectivity index (χ4n) is 0.682. The van der Waals surface area contributed by atoms with Crippen LogP contribution in [-0.4, -0.2) is 25.0 Å². The van der Waals surface area contributed by atoms with Crippen LogP contribution in [0.15, 0.2) is 23.9 Å². The molecule has 0 saturated carbocycles. The third-order valence-electron chi connectivity index (χ3n) is 1.25. The molecule has 1 rings (SSSR count). The molecule has 2 N–H and O–H groups in total. The van der Waals surface area contributed by atoms with Gasteiger partial charge in [0.15, 0.2) is 0 Å². The molecule has 0 bridgehead atoms. The van der Waals surface area contributed by atoms with Gasteiger partial charge in [-0.3, -0.25) is 0 Å². The zero-order chi connectivity index (χ0) is 9.19. The zero-order valence-electron chi connectivity index (χ0n) is 8.17. The van der Waals surface area contributed by atoms with Crippen molar-refractivity contribution in [2.75, 3.05) is 20.1 Å². The highest BCUT2D eigenvalue weighted by Gasteiger charge is 1.96. The summed E-state index contributed by atoms with van der Waals surface area (Å²) in [6.07, 6.45) is 5.12. The lowest BCUT2D eigenvalue weighted by molar-refractivity contribution is 0.501. The van der Waals surface area contributed by atoms with Gasteiger partial charge in [-0.25, -0.2) is 0 Å². The smallest absolute Gasteiger partial charge is 0.0456 e. The first-order valence-electron chi connectivity index (χ1n) is 4.38. The third-order valence-corrected chi connectivity index (χ3v) is 1.25. The van der Waals surface area contributed by atoms with Gasteiger partial charge in [-0.05, 0) is 17.8 Å². The van der Waals surface area contributed by atoms with E-state index in [4.69, 9.17) is 9.85 Å². The molecule has 0 radical (unpaired) electrons. The average molecular weight is 127 g/mol. The molecule has 1 aliphatic rings. The van der Waals surface area contributed by atoms with Crippen LogP contribution in [-0.2, 0) is 0 Å². The fraction of sp³-hybridized carbons (Fsp3) is 0.429. The van der Waals surface area contributed by atoms with Crippen LogP contribution >= 0.6 is 0 Å². The summed E-state index contributed by atoms with van der Waals surface area (Å²) in [6, 6.07) is 0. The number of rotatable bonds is 1. The molecule has 0 spiro atoms. The molecule has 0 aromatic rings. The van der Waals surface area contributed by atoms with E-state index in [-0.39, 0.29) is 0 Å². The summed E-state index contributed by atoms with van der Waals surface area (Å²) in [5, 5.41) is 0. The first-order valence-corrected chi connectivity index (χ1v) is 2.88. The SMILES string of the molecule is [2H]C([2H])([2H])N1C=CC(CN)=CC1. The Hall–Kier alpha value is -0.760. The minimum Gasteiger partial charge on any atom is -0.377 e. The monoisotopic (exact) mass is 127 g/mol. The number of nitrogens with two attached hydrogens (primary N) is 1. The minimum absolute atomic E-state index is 0.416. The van der Waals surface area contributed by atoms with Gasteiger partial charge in [0.2, 0.25) is 0 Å². The van der Waals surface area contributed by atoms with E-state index in [0.717, 1.165) is 5.57 Å². The molecule has 0 aromatic carbocycles. The van der Waals surface area contributed by atoms with E-state index in [2.05, 4.69) is 0 Å². The Morgan fingerprint density at radius 2 is 2.89 bits per heavy atom. The van der Waals surface area contributed by atoms with Gasteiger partial charge in [0.05, 0.1) is 0 Å². The third kappa shape index (κ3) is 1.57. The Morgan fingerprint density at radius 1 is 2.00 bits per heavy atom. The summed E-state index contributed by atoms with van der Waals surface area (Å²) in [5.74, 6) is 0. The molecule has 1 aliphatic heterocycles. The first kappa shape index (κ1) is 3.42. The molecule has 9 heavy (non-hydrogen) atoms. The highest BCUT2D eigenvalue weighted by Crippen LogP contribution is 2.01. The lowest BCUT2D eigenvalue weighted by atomic mass is 10.2. The van der Waals surface area contributed by atoms with Gasteiger partial charge in [-0.1, -0.05) is 6.08 Å².